The van der Waals surface area contributed by atoms with Gasteiger partial charge in [0.2, 0.25) is 5.82 Å². The topological polar surface area (TPSA) is 80.0 Å². The fourth-order valence-corrected chi connectivity index (χ4v) is 2.54. The van der Waals surface area contributed by atoms with E-state index in [-0.39, 0.29) is 23.9 Å². The van der Waals surface area contributed by atoms with E-state index in [1.54, 1.807) is 4.68 Å². The summed E-state index contributed by atoms with van der Waals surface area (Å²) < 4.78 is 1.58. The monoisotopic (exact) mass is 286 g/mol. The number of para-hydroxylation sites is 1. The molecule has 0 spiro atoms. The molecular weight excluding hydrogens is 268 g/mol. The van der Waals surface area contributed by atoms with Crippen LogP contribution in [0.15, 0.2) is 36.7 Å². The number of aliphatic hydroxyl groups is 1. The highest BCUT2D eigenvalue weighted by Gasteiger charge is 2.22. The summed E-state index contributed by atoms with van der Waals surface area (Å²) in [6.45, 7) is 0. The molecule has 0 bridgehead atoms. The molecule has 0 radical (unpaired) electrons. The predicted molar refractivity (Wildman–Crippen MR) is 77.1 cm³/mol. The molecule has 2 aromatic rings. The third kappa shape index (κ3) is 3.28. The third-order valence-corrected chi connectivity index (χ3v) is 3.75. The first kappa shape index (κ1) is 13.8. The average molecular weight is 286 g/mol. The van der Waals surface area contributed by atoms with E-state index in [4.69, 9.17) is 0 Å². The highest BCUT2D eigenvalue weighted by Crippen LogP contribution is 2.18. The van der Waals surface area contributed by atoms with Gasteiger partial charge in [0.25, 0.3) is 5.91 Å². The minimum atomic E-state index is -0.258. The number of carbonyl (C=O) groups is 1. The van der Waals surface area contributed by atoms with Crippen molar-refractivity contribution in [3.05, 3.63) is 42.5 Å². The lowest BCUT2D eigenvalue weighted by Gasteiger charge is -2.25. The maximum atomic E-state index is 12.1. The number of aromatic nitrogens is 3. The Morgan fingerprint density at radius 2 is 1.90 bits per heavy atom. The fraction of sp³-hybridized carbons (Fsp3) is 0.400. The van der Waals surface area contributed by atoms with E-state index in [1.807, 2.05) is 30.3 Å². The number of nitrogens with zero attached hydrogens (tertiary/aromatic N) is 3. The highest BCUT2D eigenvalue weighted by molar-refractivity contribution is 5.90. The van der Waals surface area contributed by atoms with Gasteiger partial charge in [-0.1, -0.05) is 18.2 Å². The molecule has 0 atom stereocenters. The van der Waals surface area contributed by atoms with Crippen LogP contribution in [0.1, 0.15) is 36.3 Å². The minimum Gasteiger partial charge on any atom is -0.393 e. The van der Waals surface area contributed by atoms with Gasteiger partial charge in [-0.05, 0) is 37.8 Å². The number of hydrogen-bond donors (Lipinski definition) is 2. The van der Waals surface area contributed by atoms with Gasteiger partial charge < -0.3 is 10.4 Å². The molecule has 6 heteroatoms. The van der Waals surface area contributed by atoms with Gasteiger partial charge in [0.05, 0.1) is 11.8 Å². The predicted octanol–water partition coefficient (Wildman–Crippen LogP) is 1.30. The van der Waals surface area contributed by atoms with Crippen LogP contribution in [0.2, 0.25) is 0 Å². The van der Waals surface area contributed by atoms with Crippen LogP contribution in [-0.4, -0.2) is 37.9 Å². The molecule has 2 N–H and O–H groups in total. The Labute approximate surface area is 122 Å². The summed E-state index contributed by atoms with van der Waals surface area (Å²) >= 11 is 0. The molecule has 0 unspecified atom stereocenters. The van der Waals surface area contributed by atoms with Gasteiger partial charge in [0, 0.05) is 6.04 Å². The molecule has 1 amide bonds. The van der Waals surface area contributed by atoms with Gasteiger partial charge in [-0.15, -0.1) is 5.10 Å². The van der Waals surface area contributed by atoms with Crippen LogP contribution in [0.5, 0.6) is 0 Å². The lowest BCUT2D eigenvalue weighted by Crippen LogP contribution is -2.39. The standard InChI is InChI=1S/C15H18N4O2/c20-13-8-6-11(7-9-13)17-15(21)14-16-10-19(18-14)12-4-2-1-3-5-12/h1-5,10-11,13,20H,6-9H2,(H,17,21). The van der Waals surface area contributed by atoms with E-state index in [1.165, 1.54) is 6.33 Å². The number of hydrogen-bond acceptors (Lipinski definition) is 4. The summed E-state index contributed by atoms with van der Waals surface area (Å²) in [5.41, 5.74) is 0.866. The maximum absolute atomic E-state index is 12.1. The molecule has 6 nitrogen and oxygen atoms in total. The smallest absolute Gasteiger partial charge is 0.291 e. The number of nitrogens with one attached hydrogen (secondary N) is 1. The van der Waals surface area contributed by atoms with Crippen molar-refractivity contribution in [3.63, 3.8) is 0 Å². The van der Waals surface area contributed by atoms with Crippen molar-refractivity contribution >= 4 is 5.91 Å². The average Bonchev–Trinajstić information content (AvgIpc) is 3.00. The lowest BCUT2D eigenvalue weighted by molar-refractivity contribution is 0.0858. The van der Waals surface area contributed by atoms with Gasteiger partial charge in [-0.25, -0.2) is 9.67 Å². The second-order valence-electron chi connectivity index (χ2n) is 5.33. The third-order valence-electron chi connectivity index (χ3n) is 3.75. The summed E-state index contributed by atoms with van der Waals surface area (Å²) in [6.07, 6.45) is 4.37. The molecule has 110 valence electrons. The molecule has 1 aliphatic rings. The largest absolute Gasteiger partial charge is 0.393 e. The zero-order chi connectivity index (χ0) is 14.7. The minimum absolute atomic E-state index is 0.101. The van der Waals surface area contributed by atoms with Crippen LogP contribution in [-0.2, 0) is 0 Å². The highest BCUT2D eigenvalue weighted by atomic mass is 16.3. The first-order valence-electron chi connectivity index (χ1n) is 7.18. The Morgan fingerprint density at radius 3 is 2.62 bits per heavy atom. The Bertz CT molecular complexity index is 603. The van der Waals surface area contributed by atoms with Crippen molar-refractivity contribution < 1.29 is 9.90 Å². The van der Waals surface area contributed by atoms with Gasteiger partial charge in [-0.2, -0.15) is 0 Å². The van der Waals surface area contributed by atoms with Crippen LogP contribution < -0.4 is 5.32 Å². The van der Waals surface area contributed by atoms with Crippen molar-refractivity contribution in [3.8, 4) is 5.69 Å². The molecule has 0 saturated heterocycles. The van der Waals surface area contributed by atoms with Crippen LogP contribution >= 0.6 is 0 Å². The van der Waals surface area contributed by atoms with E-state index in [0.29, 0.717) is 0 Å². The molecule has 1 fully saturated rings. The Morgan fingerprint density at radius 1 is 1.19 bits per heavy atom. The van der Waals surface area contributed by atoms with Crippen molar-refractivity contribution in [2.75, 3.05) is 0 Å². The quantitative estimate of drug-likeness (QED) is 0.891. The summed E-state index contributed by atoms with van der Waals surface area (Å²) in [5.74, 6) is -0.0870. The van der Waals surface area contributed by atoms with Crippen LogP contribution in [0, 0.1) is 0 Å². The normalized spacial score (nSPS) is 22.0. The number of carbonyl (C=O) groups excluding carboxylic acids is 1. The molecule has 1 saturated carbocycles. The molecule has 1 heterocycles. The van der Waals surface area contributed by atoms with Crippen LogP contribution in [0.3, 0.4) is 0 Å². The molecule has 21 heavy (non-hydrogen) atoms. The van der Waals surface area contributed by atoms with Gasteiger partial charge in [0.1, 0.15) is 6.33 Å². The van der Waals surface area contributed by atoms with Crippen molar-refractivity contribution in [2.45, 2.75) is 37.8 Å². The lowest BCUT2D eigenvalue weighted by atomic mass is 9.93. The summed E-state index contributed by atoms with van der Waals surface area (Å²) in [7, 11) is 0. The molecule has 1 aliphatic carbocycles. The zero-order valence-corrected chi connectivity index (χ0v) is 11.6. The number of amides is 1. The summed E-state index contributed by atoms with van der Waals surface area (Å²) in [4.78, 5) is 16.2. The van der Waals surface area contributed by atoms with E-state index in [9.17, 15) is 9.90 Å². The van der Waals surface area contributed by atoms with E-state index < -0.39 is 0 Å². The molecule has 3 rings (SSSR count). The molecule has 1 aromatic heterocycles. The molecule has 0 aliphatic heterocycles. The Balaban J connectivity index is 1.64. The molecular formula is C15H18N4O2. The first-order valence-corrected chi connectivity index (χ1v) is 7.18. The van der Waals surface area contributed by atoms with E-state index >= 15 is 0 Å². The van der Waals surface area contributed by atoms with E-state index in [2.05, 4.69) is 15.4 Å². The maximum Gasteiger partial charge on any atom is 0.291 e. The summed E-state index contributed by atoms with van der Waals surface area (Å²) in [6, 6.07) is 9.64. The van der Waals surface area contributed by atoms with Gasteiger partial charge >= 0.3 is 0 Å². The summed E-state index contributed by atoms with van der Waals surface area (Å²) in [5, 5.41) is 16.6. The van der Waals surface area contributed by atoms with E-state index in [0.717, 1.165) is 31.4 Å². The van der Waals surface area contributed by atoms with Crippen molar-refractivity contribution in [1.29, 1.82) is 0 Å². The van der Waals surface area contributed by atoms with Crippen LogP contribution in [0.4, 0.5) is 0 Å². The van der Waals surface area contributed by atoms with Gasteiger partial charge in [0.15, 0.2) is 0 Å². The Hall–Kier alpha value is -2.21. The number of rotatable bonds is 3. The van der Waals surface area contributed by atoms with Gasteiger partial charge in [-0.3, -0.25) is 4.79 Å². The van der Waals surface area contributed by atoms with Crippen molar-refractivity contribution in [1.82, 2.24) is 20.1 Å². The van der Waals surface area contributed by atoms with Crippen molar-refractivity contribution in [2.24, 2.45) is 0 Å². The first-order chi connectivity index (χ1) is 10.2. The second-order valence-corrected chi connectivity index (χ2v) is 5.33. The second kappa shape index (κ2) is 6.05. The van der Waals surface area contributed by atoms with Crippen LogP contribution in [0.25, 0.3) is 5.69 Å². The Kier molecular flexibility index (Phi) is 3.96. The number of aliphatic hydroxyl groups excluding tert-OH is 1. The fourth-order valence-electron chi connectivity index (χ4n) is 2.54. The SMILES string of the molecule is O=C(NC1CCC(O)CC1)c1ncn(-c2ccccc2)n1. The zero-order valence-electron chi connectivity index (χ0n) is 11.6. The molecule has 1 aromatic carbocycles. The number of benzene rings is 1.